The molecule has 0 fully saturated rings. The van der Waals surface area contributed by atoms with E-state index >= 15 is 0 Å². The van der Waals surface area contributed by atoms with Crippen LogP contribution in [0.2, 0.25) is 0 Å². The van der Waals surface area contributed by atoms with Crippen molar-refractivity contribution in [2.45, 2.75) is 10.8 Å². The van der Waals surface area contributed by atoms with Crippen LogP contribution in [0.5, 0.6) is 0 Å². The van der Waals surface area contributed by atoms with Gasteiger partial charge in [-0.2, -0.15) is 0 Å². The van der Waals surface area contributed by atoms with Crippen molar-refractivity contribution in [2.75, 3.05) is 9.80 Å². The monoisotopic (exact) mass is 1510 g/mol. The second kappa shape index (κ2) is 27.5. The fourth-order valence-electron chi connectivity index (χ4n) is 18.6. The number of aromatic nitrogens is 6. The quantitative estimate of drug-likeness (QED) is 0.111. The molecule has 0 N–H and O–H groups in total. The summed E-state index contributed by atoms with van der Waals surface area (Å²) in [7, 11) is 0. The summed E-state index contributed by atoms with van der Waals surface area (Å²) in [6.07, 6.45) is 0. The van der Waals surface area contributed by atoms with Gasteiger partial charge in [0.25, 0.3) is 0 Å². The molecular weight excluding hydrogens is 1440 g/mol. The summed E-state index contributed by atoms with van der Waals surface area (Å²) in [4.78, 5) is 35.9. The van der Waals surface area contributed by atoms with Crippen molar-refractivity contribution in [3.05, 3.63) is 457 Å². The lowest BCUT2D eigenvalue weighted by atomic mass is 9.62. The van der Waals surface area contributed by atoms with Crippen LogP contribution in [0.1, 0.15) is 44.5 Å². The molecule has 0 amide bonds. The molecule has 10 heteroatoms. The molecule has 0 bridgehead atoms. The van der Waals surface area contributed by atoms with Crippen molar-refractivity contribution < 1.29 is 8.83 Å². The van der Waals surface area contributed by atoms with E-state index in [1.165, 1.54) is 0 Å². The summed E-state index contributed by atoms with van der Waals surface area (Å²) in [6.45, 7) is 0. The summed E-state index contributed by atoms with van der Waals surface area (Å²) in [5.41, 5.74) is 24.2. The van der Waals surface area contributed by atoms with Crippen LogP contribution in [-0.2, 0) is 10.8 Å². The van der Waals surface area contributed by atoms with E-state index < -0.39 is 10.8 Å². The molecule has 552 valence electrons. The molecule has 6 heterocycles. The third-order valence-electron chi connectivity index (χ3n) is 23.9. The van der Waals surface area contributed by atoms with Crippen LogP contribution in [0.15, 0.2) is 421 Å². The van der Waals surface area contributed by atoms with Gasteiger partial charge in [-0.1, -0.05) is 303 Å². The van der Waals surface area contributed by atoms with Crippen LogP contribution in [0.4, 0.5) is 34.1 Å². The molecule has 17 aromatic carbocycles. The molecule has 0 unspecified atom stereocenters. The SMILES string of the molecule is c1ccc(-c2nc(-c3ccccc3)nc(-c3ccc(N4c5ccccc5C(c5ccc6ccccc6c5)(c5cccc6c5oc5cc(-c7cccc(-c8nc(-c9ccccc9)nc(-c9ccc(N%10c%11ccccc%11C(c%11ccccc%11)(c%11ccc%12c(c%11)oc%11ccccc%11%12)c%11ccccc%11%10)cc9)n8)c7)ccc56)c5ccccc54)cc3)n2)cc1. The first kappa shape index (κ1) is 67.9. The average molecular weight is 1510 g/mol. The van der Waals surface area contributed by atoms with E-state index in [0.717, 1.165) is 178 Å². The summed E-state index contributed by atoms with van der Waals surface area (Å²) < 4.78 is 14.2. The lowest BCUT2D eigenvalue weighted by Crippen LogP contribution is -2.37. The van der Waals surface area contributed by atoms with Gasteiger partial charge in [0.05, 0.1) is 33.6 Å². The molecule has 21 aromatic rings. The fraction of sp³-hybridized carbons (Fsp3) is 0.0185. The molecule has 0 aliphatic carbocycles. The zero-order chi connectivity index (χ0) is 77.8. The van der Waals surface area contributed by atoms with Crippen LogP contribution >= 0.6 is 0 Å². The van der Waals surface area contributed by atoms with E-state index in [-0.39, 0.29) is 0 Å². The number of para-hydroxylation sites is 6. The Balaban J connectivity index is 0.612. The summed E-state index contributed by atoms with van der Waals surface area (Å²) in [5, 5.41) is 6.54. The van der Waals surface area contributed by atoms with Gasteiger partial charge >= 0.3 is 0 Å². The Labute approximate surface area is 680 Å². The van der Waals surface area contributed by atoms with Gasteiger partial charge in [0.1, 0.15) is 22.3 Å². The predicted molar refractivity (Wildman–Crippen MR) is 476 cm³/mol. The molecule has 4 aromatic heterocycles. The van der Waals surface area contributed by atoms with E-state index in [1.54, 1.807) is 0 Å². The number of furan rings is 2. The van der Waals surface area contributed by atoms with Crippen molar-refractivity contribution in [2.24, 2.45) is 0 Å². The Morgan fingerprint density at radius 2 is 0.551 bits per heavy atom. The van der Waals surface area contributed by atoms with Crippen LogP contribution in [0.3, 0.4) is 0 Å². The Bertz CT molecular complexity index is 7360. The minimum absolute atomic E-state index is 0.554. The first-order valence-corrected chi connectivity index (χ1v) is 39.9. The molecule has 0 atom stereocenters. The number of benzene rings is 17. The lowest BCUT2D eigenvalue weighted by molar-refractivity contribution is 0.643. The largest absolute Gasteiger partial charge is 0.456 e. The third kappa shape index (κ3) is 10.9. The second-order valence-corrected chi connectivity index (χ2v) is 30.4. The van der Waals surface area contributed by atoms with Gasteiger partial charge in [-0.3, -0.25) is 0 Å². The maximum atomic E-state index is 7.53. The van der Waals surface area contributed by atoms with Gasteiger partial charge in [0.15, 0.2) is 34.9 Å². The maximum Gasteiger partial charge on any atom is 0.164 e. The van der Waals surface area contributed by atoms with Gasteiger partial charge in [-0.15, -0.1) is 0 Å². The van der Waals surface area contributed by atoms with Crippen LogP contribution < -0.4 is 9.80 Å². The molecule has 0 saturated carbocycles. The minimum atomic E-state index is -0.897. The van der Waals surface area contributed by atoms with Crippen LogP contribution in [0.25, 0.3) is 134 Å². The van der Waals surface area contributed by atoms with E-state index in [4.69, 9.17) is 38.7 Å². The molecular formula is C108H68N8O2. The zero-order valence-corrected chi connectivity index (χ0v) is 63.7. The number of anilines is 6. The van der Waals surface area contributed by atoms with Crippen LogP contribution in [-0.4, -0.2) is 29.9 Å². The number of nitrogens with zero attached hydrogens (tertiary/aromatic N) is 8. The molecule has 2 aliphatic heterocycles. The normalized spacial score (nSPS) is 13.2. The highest BCUT2D eigenvalue weighted by molar-refractivity contribution is 6.09. The first-order chi connectivity index (χ1) is 58.5. The van der Waals surface area contributed by atoms with Gasteiger partial charge in [-0.25, -0.2) is 29.9 Å². The molecule has 0 saturated heterocycles. The Hall–Kier alpha value is -15.8. The Morgan fingerprint density at radius 3 is 1.10 bits per heavy atom. The predicted octanol–water partition coefficient (Wildman–Crippen LogP) is 27.0. The van der Waals surface area contributed by atoms with Gasteiger partial charge < -0.3 is 18.6 Å². The maximum absolute atomic E-state index is 7.53. The van der Waals surface area contributed by atoms with Crippen molar-refractivity contribution >= 4 is 88.8 Å². The van der Waals surface area contributed by atoms with E-state index in [2.05, 4.69) is 331 Å². The summed E-state index contributed by atoms with van der Waals surface area (Å²) in [6, 6.07) is 147. The van der Waals surface area contributed by atoms with Crippen molar-refractivity contribution in [3.8, 4) is 79.5 Å². The molecule has 0 radical (unpaired) electrons. The Morgan fingerprint density at radius 1 is 0.195 bits per heavy atom. The highest BCUT2D eigenvalue weighted by atomic mass is 16.3. The van der Waals surface area contributed by atoms with Gasteiger partial charge in [0.2, 0.25) is 0 Å². The fourth-order valence-corrected chi connectivity index (χ4v) is 18.6. The molecule has 0 spiro atoms. The Kier molecular flexibility index (Phi) is 15.8. The van der Waals surface area contributed by atoms with Gasteiger partial charge in [-0.05, 0) is 170 Å². The third-order valence-corrected chi connectivity index (χ3v) is 23.9. The summed E-state index contributed by atoms with van der Waals surface area (Å²) in [5.74, 6) is 3.51. The highest BCUT2D eigenvalue weighted by Gasteiger charge is 2.50. The standard InChI is InChI=1S/C108H68N8O2/c1-5-28-70(29-6-1)101-109-102(71-30-7-2-8-31-71)111-104(110-101)73-52-61-83(62-53-73)116-95-48-22-18-43-90(95)108(91-44-19-23-49-96(91)116,80-57-51-69-27-13-14-34-76(69)66-80)92-45-26-40-87-86-63-56-77(67-98(86)118-100(87)92)75-35-25-36-78(65-75)106-113-103(72-32-9-3-10-33-72)112-105(114-106)74-54-59-82(60-55-74)115-93-46-20-16-41-88(93)107(79-37-11-4-12-38-79,89-42-17-21-47-94(89)115)81-58-64-85-84-39-15-24-50-97(84)117-99(85)68-81/h1-68H. The minimum Gasteiger partial charge on any atom is -0.456 e. The van der Waals surface area contributed by atoms with Gasteiger partial charge in [0, 0.05) is 71.9 Å². The number of hydrogen-bond acceptors (Lipinski definition) is 10. The van der Waals surface area contributed by atoms with E-state index in [0.29, 0.717) is 34.9 Å². The van der Waals surface area contributed by atoms with E-state index in [1.807, 2.05) is 91.0 Å². The zero-order valence-electron chi connectivity index (χ0n) is 63.7. The van der Waals surface area contributed by atoms with Crippen molar-refractivity contribution in [1.29, 1.82) is 0 Å². The summed E-state index contributed by atoms with van der Waals surface area (Å²) >= 11 is 0. The first-order valence-electron chi connectivity index (χ1n) is 39.9. The number of rotatable bonds is 13. The topological polar surface area (TPSA) is 110 Å². The molecule has 2 aliphatic rings. The highest BCUT2D eigenvalue weighted by Crippen LogP contribution is 2.61. The number of fused-ring (bicyclic) bond motifs is 11. The molecule has 118 heavy (non-hydrogen) atoms. The van der Waals surface area contributed by atoms with E-state index in [9.17, 15) is 0 Å². The number of hydrogen-bond donors (Lipinski definition) is 0. The molecule has 23 rings (SSSR count). The average Bonchev–Trinajstić information content (AvgIpc) is 0.966. The second-order valence-electron chi connectivity index (χ2n) is 30.4. The lowest BCUT2D eigenvalue weighted by Gasteiger charge is -2.46. The van der Waals surface area contributed by atoms with Crippen molar-refractivity contribution in [1.82, 2.24) is 29.9 Å². The van der Waals surface area contributed by atoms with Crippen LogP contribution in [0, 0.1) is 0 Å². The van der Waals surface area contributed by atoms with Crippen molar-refractivity contribution in [3.63, 3.8) is 0 Å². The molecule has 10 nitrogen and oxygen atoms in total. The smallest absolute Gasteiger partial charge is 0.164 e.